The minimum absolute atomic E-state index is 0.0181. The van der Waals surface area contributed by atoms with Crippen LogP contribution in [0.4, 0.5) is 5.69 Å². The topological polar surface area (TPSA) is 107 Å². The van der Waals surface area contributed by atoms with Crippen LogP contribution in [0.5, 0.6) is 0 Å². The summed E-state index contributed by atoms with van der Waals surface area (Å²) >= 11 is 0. The molecule has 0 radical (unpaired) electrons. The average molecular weight is 399 g/mol. The summed E-state index contributed by atoms with van der Waals surface area (Å²) in [6.45, 7) is 2.14. The summed E-state index contributed by atoms with van der Waals surface area (Å²) in [4.78, 5) is 18.2. The molecule has 0 spiro atoms. The summed E-state index contributed by atoms with van der Waals surface area (Å²) in [5.41, 5.74) is 7.15. The van der Waals surface area contributed by atoms with Crippen LogP contribution in [0.3, 0.4) is 0 Å². The third-order valence-corrected chi connectivity index (χ3v) is 5.55. The second-order valence-electron chi connectivity index (χ2n) is 7.33. The fraction of sp³-hybridized carbons (Fsp3) is 0.182. The highest BCUT2D eigenvalue weighted by Gasteiger charge is 2.37. The van der Waals surface area contributed by atoms with Crippen molar-refractivity contribution in [2.45, 2.75) is 25.9 Å². The molecule has 2 aromatic rings. The summed E-state index contributed by atoms with van der Waals surface area (Å²) in [7, 11) is 0. The van der Waals surface area contributed by atoms with Gasteiger partial charge in [0.25, 0.3) is 0 Å². The molecule has 0 bridgehead atoms. The molecule has 4 N–H and O–H groups in total. The van der Waals surface area contributed by atoms with E-state index in [2.05, 4.69) is 68.1 Å². The van der Waals surface area contributed by atoms with Crippen LogP contribution >= 0.6 is 0 Å². The van der Waals surface area contributed by atoms with Crippen molar-refractivity contribution in [3.63, 3.8) is 0 Å². The van der Waals surface area contributed by atoms with Gasteiger partial charge in [-0.1, -0.05) is 42.5 Å². The Morgan fingerprint density at radius 1 is 1.20 bits per heavy atom. The van der Waals surface area contributed by atoms with E-state index in [4.69, 9.17) is 5.84 Å². The number of hydrogen-bond donors (Lipinski definition) is 3. The first-order valence-electron chi connectivity index (χ1n) is 9.85. The molecule has 0 fully saturated rings. The molecule has 0 aromatic heterocycles. The van der Waals surface area contributed by atoms with Crippen LogP contribution in [-0.2, 0) is 17.6 Å². The number of nitrogens with two attached hydrogens (primary N) is 1. The Hall–Kier alpha value is -3.94. The quantitative estimate of drug-likeness (QED) is 0.419. The zero-order valence-electron chi connectivity index (χ0n) is 16.5. The number of hydrogen-bond acceptors (Lipinski definition) is 6. The van der Waals surface area contributed by atoms with Crippen LogP contribution in [-0.4, -0.2) is 22.8 Å². The number of fused-ring (bicyclic) bond motifs is 2. The van der Waals surface area contributed by atoms with Crippen molar-refractivity contribution in [3.05, 3.63) is 77.1 Å². The first-order chi connectivity index (χ1) is 14.7. The second-order valence-corrected chi connectivity index (χ2v) is 7.33. The number of aliphatic imine (C=N–C) groups is 1. The number of anilines is 1. The van der Waals surface area contributed by atoms with Crippen molar-refractivity contribution in [1.29, 1.82) is 0 Å². The molecule has 8 heteroatoms. The summed E-state index contributed by atoms with van der Waals surface area (Å²) < 4.78 is 0. The van der Waals surface area contributed by atoms with Crippen LogP contribution < -0.4 is 16.5 Å². The van der Waals surface area contributed by atoms with Gasteiger partial charge < -0.3 is 21.4 Å². The molecular formula is C22H21N7O. The highest BCUT2D eigenvalue weighted by atomic mass is 16.1. The lowest BCUT2D eigenvalue weighted by atomic mass is 10.0. The number of rotatable bonds is 3. The zero-order valence-corrected chi connectivity index (χ0v) is 16.5. The fourth-order valence-electron chi connectivity index (χ4n) is 4.07. The maximum absolute atomic E-state index is 11.8. The van der Waals surface area contributed by atoms with Crippen molar-refractivity contribution in [2.24, 2.45) is 21.2 Å². The van der Waals surface area contributed by atoms with Gasteiger partial charge in [0.2, 0.25) is 5.91 Å². The van der Waals surface area contributed by atoms with Crippen molar-refractivity contribution in [3.8, 4) is 0 Å². The lowest BCUT2D eigenvalue weighted by Gasteiger charge is -2.26. The van der Waals surface area contributed by atoms with Gasteiger partial charge in [-0.05, 0) is 35.2 Å². The van der Waals surface area contributed by atoms with Crippen molar-refractivity contribution in [1.82, 2.24) is 10.2 Å². The van der Waals surface area contributed by atoms with Gasteiger partial charge in [0.1, 0.15) is 0 Å². The molecule has 3 aliphatic heterocycles. The molecule has 0 saturated carbocycles. The van der Waals surface area contributed by atoms with Gasteiger partial charge in [0.05, 0.1) is 17.8 Å². The van der Waals surface area contributed by atoms with E-state index in [1.165, 1.54) is 5.56 Å². The van der Waals surface area contributed by atoms with Gasteiger partial charge in [0.15, 0.2) is 12.0 Å². The number of benzene rings is 2. The van der Waals surface area contributed by atoms with Crippen LogP contribution in [0.1, 0.15) is 29.2 Å². The number of aryl methyl sites for hydroxylation is 1. The molecule has 0 aliphatic carbocycles. The smallest absolute Gasteiger partial charge is 0.228 e. The standard InChI is InChI=1S/C22H21N7O/c1-2-13-3-5-14(6-4-13)19-20(15-7-8-17-16(11-15)12-18(30)25-17)29-10-9-24-21(27-28-23)22(29)26-19/h3-11,22,26H,2,12H2,1H3,(H,25,30)(H2,23,24,27). The Bertz CT molecular complexity index is 1140. The summed E-state index contributed by atoms with van der Waals surface area (Å²) in [5.74, 6) is 5.79. The molecule has 1 amide bonds. The normalized spacial score (nSPS) is 19.6. The highest BCUT2D eigenvalue weighted by molar-refractivity contribution is 6.02. The van der Waals surface area contributed by atoms with E-state index in [9.17, 15) is 4.79 Å². The summed E-state index contributed by atoms with van der Waals surface area (Å²) in [6, 6.07) is 14.5. The van der Waals surface area contributed by atoms with Crippen LogP contribution in [0.2, 0.25) is 0 Å². The fourth-order valence-corrected chi connectivity index (χ4v) is 4.07. The van der Waals surface area contributed by atoms with Crippen molar-refractivity contribution >= 4 is 28.8 Å². The SMILES string of the molecule is CCc1ccc(C2=C(c3ccc4c(c3)CC(=O)N4)N3C=CN=C(N=NN)C3N2)cc1. The van der Waals surface area contributed by atoms with Gasteiger partial charge >= 0.3 is 0 Å². The molecule has 150 valence electrons. The molecule has 2 aromatic carbocycles. The van der Waals surface area contributed by atoms with Crippen LogP contribution in [0, 0.1) is 0 Å². The Labute approximate surface area is 173 Å². The number of amidine groups is 1. The van der Waals surface area contributed by atoms with Crippen LogP contribution in [0.25, 0.3) is 11.4 Å². The minimum atomic E-state index is -0.314. The Kier molecular flexibility index (Phi) is 4.31. The predicted molar refractivity (Wildman–Crippen MR) is 116 cm³/mol. The summed E-state index contributed by atoms with van der Waals surface area (Å²) in [5, 5.41) is 13.8. The van der Waals surface area contributed by atoms with Gasteiger partial charge in [0, 0.05) is 23.7 Å². The first-order valence-corrected chi connectivity index (χ1v) is 9.85. The van der Waals surface area contributed by atoms with Crippen molar-refractivity contribution < 1.29 is 4.79 Å². The monoisotopic (exact) mass is 399 g/mol. The van der Waals surface area contributed by atoms with Crippen LogP contribution in [0.15, 0.2) is 70.2 Å². The molecule has 1 atom stereocenters. The third-order valence-electron chi connectivity index (χ3n) is 5.55. The van der Waals surface area contributed by atoms with Gasteiger partial charge in [-0.25, -0.2) is 4.99 Å². The predicted octanol–water partition coefficient (Wildman–Crippen LogP) is 3.01. The molecule has 30 heavy (non-hydrogen) atoms. The molecule has 5 rings (SSSR count). The lowest BCUT2D eigenvalue weighted by molar-refractivity contribution is -0.115. The number of nitrogens with one attached hydrogen (secondary N) is 2. The molecule has 1 unspecified atom stereocenters. The maximum atomic E-state index is 11.8. The second kappa shape index (κ2) is 7.14. The molecular weight excluding hydrogens is 378 g/mol. The number of nitrogens with zero attached hydrogens (tertiary/aromatic N) is 4. The minimum Gasteiger partial charge on any atom is -0.356 e. The molecule has 3 aliphatic rings. The highest BCUT2D eigenvalue weighted by Crippen LogP contribution is 2.38. The Balaban J connectivity index is 1.64. The van der Waals surface area contributed by atoms with Crippen molar-refractivity contribution in [2.75, 3.05) is 5.32 Å². The summed E-state index contributed by atoms with van der Waals surface area (Å²) in [6.07, 6.45) is 4.65. The largest absolute Gasteiger partial charge is 0.356 e. The van der Waals surface area contributed by atoms with E-state index in [0.29, 0.717) is 12.3 Å². The van der Waals surface area contributed by atoms with Gasteiger partial charge in [-0.2, -0.15) is 0 Å². The molecule has 3 heterocycles. The first kappa shape index (κ1) is 18.1. The maximum Gasteiger partial charge on any atom is 0.228 e. The van der Waals surface area contributed by atoms with E-state index in [1.807, 2.05) is 18.3 Å². The van der Waals surface area contributed by atoms with E-state index >= 15 is 0 Å². The average Bonchev–Trinajstić information content (AvgIpc) is 3.33. The zero-order chi connectivity index (χ0) is 20.7. The number of carbonyl (C=O) groups is 1. The van der Waals surface area contributed by atoms with E-state index in [0.717, 1.165) is 40.2 Å². The van der Waals surface area contributed by atoms with E-state index in [-0.39, 0.29) is 12.1 Å². The van der Waals surface area contributed by atoms with Gasteiger partial charge in [-0.15, -0.1) is 5.11 Å². The Morgan fingerprint density at radius 2 is 2.00 bits per heavy atom. The van der Waals surface area contributed by atoms with Gasteiger partial charge in [-0.3, -0.25) is 4.79 Å². The number of carbonyl (C=O) groups excluding carboxylic acids is 1. The van der Waals surface area contributed by atoms with E-state index < -0.39 is 0 Å². The Morgan fingerprint density at radius 3 is 2.77 bits per heavy atom. The lowest BCUT2D eigenvalue weighted by Crippen LogP contribution is -2.41. The molecule has 0 saturated heterocycles. The number of amides is 1. The third kappa shape index (κ3) is 2.93. The molecule has 8 nitrogen and oxygen atoms in total. The van der Waals surface area contributed by atoms with E-state index in [1.54, 1.807) is 6.20 Å².